The summed E-state index contributed by atoms with van der Waals surface area (Å²) < 4.78 is 71.4. The van der Waals surface area contributed by atoms with Crippen LogP contribution in [-0.4, -0.2) is 20.9 Å². The second-order valence-electron chi connectivity index (χ2n) is 7.91. The predicted octanol–water partition coefficient (Wildman–Crippen LogP) is 6.52. The van der Waals surface area contributed by atoms with E-state index >= 15 is 0 Å². The van der Waals surface area contributed by atoms with Crippen molar-refractivity contribution < 1.29 is 31.1 Å². The number of rotatable bonds is 10. The van der Waals surface area contributed by atoms with Gasteiger partial charge in [-0.3, -0.25) is 9.52 Å². The minimum absolute atomic E-state index is 0.0692. The average Bonchev–Trinajstić information content (AvgIpc) is 2.82. The quantitative estimate of drug-likeness (QED) is 0.306. The lowest BCUT2D eigenvalue weighted by molar-refractivity contribution is -0.137. The van der Waals surface area contributed by atoms with E-state index in [9.17, 15) is 26.4 Å². The molecule has 0 aliphatic rings. The van der Waals surface area contributed by atoms with Crippen LogP contribution in [0.3, 0.4) is 0 Å². The summed E-state index contributed by atoms with van der Waals surface area (Å²) in [5.74, 6) is -0.366. The molecule has 0 bridgehead atoms. The van der Waals surface area contributed by atoms with E-state index in [4.69, 9.17) is 16.3 Å². The molecule has 0 unspecified atom stereocenters. The SMILES string of the molecule is CCCCc1ccc(NC(=O)COc2ccc(S(=O)(=O)Nc3cccc(C(F)(F)F)c3)cc2Cl)cc1. The molecule has 3 aromatic carbocycles. The molecule has 192 valence electrons. The van der Waals surface area contributed by atoms with Crippen molar-refractivity contribution in [3.63, 3.8) is 0 Å². The van der Waals surface area contributed by atoms with Gasteiger partial charge >= 0.3 is 6.18 Å². The van der Waals surface area contributed by atoms with Crippen LogP contribution < -0.4 is 14.8 Å². The van der Waals surface area contributed by atoms with Gasteiger partial charge < -0.3 is 10.1 Å². The molecule has 0 saturated carbocycles. The fourth-order valence-corrected chi connectivity index (χ4v) is 4.59. The Morgan fingerprint density at radius 2 is 1.72 bits per heavy atom. The van der Waals surface area contributed by atoms with Crippen molar-refractivity contribution in [2.45, 2.75) is 37.3 Å². The van der Waals surface area contributed by atoms with E-state index < -0.39 is 27.7 Å². The van der Waals surface area contributed by atoms with Gasteiger partial charge in [-0.25, -0.2) is 8.42 Å². The Hall–Kier alpha value is -3.24. The Balaban J connectivity index is 1.60. The monoisotopic (exact) mass is 540 g/mol. The summed E-state index contributed by atoms with van der Waals surface area (Å²) in [6.45, 7) is 1.75. The second-order valence-corrected chi connectivity index (χ2v) is 10.0. The van der Waals surface area contributed by atoms with E-state index in [1.165, 1.54) is 23.8 Å². The highest BCUT2D eigenvalue weighted by Gasteiger charge is 2.30. The van der Waals surface area contributed by atoms with E-state index in [0.29, 0.717) is 11.8 Å². The number of benzene rings is 3. The summed E-state index contributed by atoms with van der Waals surface area (Å²) in [7, 11) is -4.23. The third-order valence-electron chi connectivity index (χ3n) is 5.07. The molecule has 1 amide bonds. The van der Waals surface area contributed by atoms with Crippen molar-refractivity contribution >= 4 is 38.9 Å². The van der Waals surface area contributed by atoms with Crippen molar-refractivity contribution in [1.82, 2.24) is 0 Å². The summed E-state index contributed by atoms with van der Waals surface area (Å²) in [5, 5.41) is 2.61. The highest BCUT2D eigenvalue weighted by Crippen LogP contribution is 2.32. The Kier molecular flexibility index (Phi) is 8.86. The molecule has 0 aliphatic heterocycles. The van der Waals surface area contributed by atoms with Gasteiger partial charge in [-0.15, -0.1) is 0 Å². The number of anilines is 2. The number of carbonyl (C=O) groups excluding carboxylic acids is 1. The smallest absolute Gasteiger partial charge is 0.416 e. The molecule has 3 rings (SSSR count). The number of sulfonamides is 1. The summed E-state index contributed by atoms with van der Waals surface area (Å²) >= 11 is 6.13. The van der Waals surface area contributed by atoms with Crippen LogP contribution in [0.5, 0.6) is 5.75 Å². The highest BCUT2D eigenvalue weighted by atomic mass is 35.5. The van der Waals surface area contributed by atoms with Crippen LogP contribution in [0, 0.1) is 0 Å². The number of halogens is 4. The van der Waals surface area contributed by atoms with Gasteiger partial charge in [0, 0.05) is 11.4 Å². The third kappa shape index (κ3) is 7.63. The lowest BCUT2D eigenvalue weighted by Gasteiger charge is -2.13. The van der Waals surface area contributed by atoms with Crippen LogP contribution in [0.25, 0.3) is 0 Å². The fraction of sp³-hybridized carbons (Fsp3) is 0.240. The first kappa shape index (κ1) is 27.3. The van der Waals surface area contributed by atoms with Crippen LogP contribution in [-0.2, 0) is 27.4 Å². The zero-order chi connectivity index (χ0) is 26.3. The Bertz CT molecular complexity index is 1310. The average molecular weight is 541 g/mol. The highest BCUT2D eigenvalue weighted by molar-refractivity contribution is 7.92. The molecule has 2 N–H and O–H groups in total. The van der Waals surface area contributed by atoms with E-state index in [0.717, 1.165) is 37.5 Å². The summed E-state index contributed by atoms with van der Waals surface area (Å²) in [6, 6.07) is 14.8. The molecule has 11 heteroatoms. The Morgan fingerprint density at radius 3 is 2.36 bits per heavy atom. The molecule has 0 aromatic heterocycles. The molecule has 0 aliphatic carbocycles. The minimum atomic E-state index is -4.62. The number of hydrogen-bond donors (Lipinski definition) is 2. The van der Waals surface area contributed by atoms with Crippen LogP contribution in [0.1, 0.15) is 30.9 Å². The molecular formula is C25H24ClF3N2O4S. The number of ether oxygens (including phenoxy) is 1. The normalized spacial score (nSPS) is 11.7. The summed E-state index contributed by atoms with van der Waals surface area (Å²) in [6.07, 6.45) is -1.47. The van der Waals surface area contributed by atoms with E-state index in [2.05, 4.69) is 17.0 Å². The number of unbranched alkanes of at least 4 members (excludes halogenated alkanes) is 1. The van der Waals surface area contributed by atoms with Gasteiger partial charge in [-0.2, -0.15) is 13.2 Å². The van der Waals surface area contributed by atoms with Gasteiger partial charge in [0.25, 0.3) is 15.9 Å². The van der Waals surface area contributed by atoms with Gasteiger partial charge in [-0.05, 0) is 66.9 Å². The Labute approximate surface area is 212 Å². The van der Waals surface area contributed by atoms with E-state index in [1.807, 2.05) is 12.1 Å². The summed E-state index contributed by atoms with van der Waals surface area (Å²) in [4.78, 5) is 11.9. The largest absolute Gasteiger partial charge is 0.482 e. The first-order valence-electron chi connectivity index (χ1n) is 11.0. The lowest BCUT2D eigenvalue weighted by atomic mass is 10.1. The van der Waals surface area contributed by atoms with Crippen LogP contribution in [0.2, 0.25) is 5.02 Å². The molecular weight excluding hydrogens is 517 g/mol. The molecule has 0 atom stereocenters. The summed E-state index contributed by atoms with van der Waals surface area (Å²) in [5.41, 5.74) is 0.541. The maximum atomic E-state index is 12.9. The number of carbonyl (C=O) groups is 1. The van der Waals surface area contributed by atoms with Crippen molar-refractivity contribution in [1.29, 1.82) is 0 Å². The van der Waals surface area contributed by atoms with Crippen LogP contribution in [0.4, 0.5) is 24.5 Å². The second kappa shape index (κ2) is 11.7. The molecule has 0 heterocycles. The third-order valence-corrected chi connectivity index (χ3v) is 6.75. The maximum absolute atomic E-state index is 12.9. The van der Waals surface area contributed by atoms with Crippen molar-refractivity contribution in [3.8, 4) is 5.75 Å². The van der Waals surface area contributed by atoms with Gasteiger partial charge in [0.1, 0.15) is 5.75 Å². The number of amides is 1. The number of nitrogens with one attached hydrogen (secondary N) is 2. The van der Waals surface area contributed by atoms with Crippen LogP contribution >= 0.6 is 11.6 Å². The topological polar surface area (TPSA) is 84.5 Å². The molecule has 0 saturated heterocycles. The van der Waals surface area contributed by atoms with E-state index in [1.54, 1.807) is 12.1 Å². The predicted molar refractivity (Wildman–Crippen MR) is 133 cm³/mol. The minimum Gasteiger partial charge on any atom is -0.482 e. The molecule has 6 nitrogen and oxygen atoms in total. The van der Waals surface area contributed by atoms with Crippen LogP contribution in [0.15, 0.2) is 71.6 Å². The molecule has 3 aromatic rings. The van der Waals surface area contributed by atoms with Crippen molar-refractivity contribution in [2.75, 3.05) is 16.6 Å². The first-order chi connectivity index (χ1) is 17.0. The Morgan fingerprint density at radius 1 is 1.00 bits per heavy atom. The van der Waals surface area contributed by atoms with Crippen molar-refractivity contribution in [2.24, 2.45) is 0 Å². The molecule has 0 fully saturated rings. The zero-order valence-corrected chi connectivity index (χ0v) is 20.8. The van der Waals surface area contributed by atoms with Gasteiger partial charge in [0.05, 0.1) is 15.5 Å². The van der Waals surface area contributed by atoms with E-state index in [-0.39, 0.29) is 28.0 Å². The number of alkyl halides is 3. The van der Waals surface area contributed by atoms with Gasteiger partial charge in [0.15, 0.2) is 6.61 Å². The maximum Gasteiger partial charge on any atom is 0.416 e. The molecule has 0 spiro atoms. The molecule has 0 radical (unpaired) electrons. The van der Waals surface area contributed by atoms with Gasteiger partial charge in [0.2, 0.25) is 0 Å². The zero-order valence-electron chi connectivity index (χ0n) is 19.2. The lowest BCUT2D eigenvalue weighted by Crippen LogP contribution is -2.20. The number of aryl methyl sites for hydroxylation is 1. The number of hydrogen-bond acceptors (Lipinski definition) is 4. The van der Waals surface area contributed by atoms with Crippen molar-refractivity contribution in [3.05, 3.63) is 82.9 Å². The van der Waals surface area contributed by atoms with Gasteiger partial charge in [-0.1, -0.05) is 43.1 Å². The fourth-order valence-electron chi connectivity index (χ4n) is 3.21. The first-order valence-corrected chi connectivity index (χ1v) is 12.9. The molecule has 36 heavy (non-hydrogen) atoms. The standard InChI is InChI=1S/C25H24ClF3N2O4S/c1-2-3-5-17-8-10-19(11-9-17)30-24(32)16-35-23-13-12-21(15-22(23)26)36(33,34)31-20-7-4-6-18(14-20)25(27,28)29/h4,6-15,31H,2-3,5,16H2,1H3,(H,30,32).